The SMILES string of the molecule is CCC(NC1CCc2ccccc2C1)Oc1cccc2cc(O)oc12. The average molecular weight is 337 g/mol. The van der Waals surface area contributed by atoms with E-state index in [9.17, 15) is 5.11 Å². The quantitative estimate of drug-likeness (QED) is 0.678. The highest BCUT2D eigenvalue weighted by Crippen LogP contribution is 2.32. The largest absolute Gasteiger partial charge is 0.481 e. The Labute approximate surface area is 147 Å². The number of nitrogens with one attached hydrogen (secondary N) is 1. The van der Waals surface area contributed by atoms with Crippen LogP contribution in [0.5, 0.6) is 11.7 Å². The molecule has 0 aliphatic heterocycles. The zero-order valence-corrected chi connectivity index (χ0v) is 14.4. The van der Waals surface area contributed by atoms with Crippen molar-refractivity contribution in [2.24, 2.45) is 0 Å². The van der Waals surface area contributed by atoms with E-state index in [-0.39, 0.29) is 12.2 Å². The molecule has 25 heavy (non-hydrogen) atoms. The highest BCUT2D eigenvalue weighted by molar-refractivity contribution is 5.84. The van der Waals surface area contributed by atoms with Crippen LogP contribution < -0.4 is 10.1 Å². The van der Waals surface area contributed by atoms with E-state index in [1.54, 1.807) is 6.07 Å². The van der Waals surface area contributed by atoms with Gasteiger partial charge in [0.05, 0.1) is 0 Å². The maximum Gasteiger partial charge on any atom is 0.283 e. The van der Waals surface area contributed by atoms with Gasteiger partial charge in [0.2, 0.25) is 0 Å². The summed E-state index contributed by atoms with van der Waals surface area (Å²) in [7, 11) is 0. The summed E-state index contributed by atoms with van der Waals surface area (Å²) in [6.07, 6.45) is 4.01. The molecule has 1 aliphatic carbocycles. The second kappa shape index (κ2) is 6.81. The molecule has 4 nitrogen and oxygen atoms in total. The van der Waals surface area contributed by atoms with Gasteiger partial charge >= 0.3 is 0 Å². The third-order valence-corrected chi connectivity index (χ3v) is 4.90. The van der Waals surface area contributed by atoms with Crippen LogP contribution in [0.1, 0.15) is 30.9 Å². The van der Waals surface area contributed by atoms with Gasteiger partial charge in [-0.05, 0) is 42.9 Å². The fourth-order valence-electron chi connectivity index (χ4n) is 3.61. The second-order valence-corrected chi connectivity index (χ2v) is 6.65. The van der Waals surface area contributed by atoms with Crippen LogP contribution in [0.15, 0.2) is 52.9 Å². The topological polar surface area (TPSA) is 54.6 Å². The molecule has 2 unspecified atom stereocenters. The highest BCUT2D eigenvalue weighted by atomic mass is 16.5. The number of aromatic hydroxyl groups is 1. The van der Waals surface area contributed by atoms with Crippen LogP contribution in [-0.4, -0.2) is 17.4 Å². The fraction of sp³-hybridized carbons (Fsp3) is 0.333. The first-order chi connectivity index (χ1) is 12.2. The van der Waals surface area contributed by atoms with Gasteiger partial charge in [-0.2, -0.15) is 0 Å². The maximum atomic E-state index is 9.59. The molecule has 130 valence electrons. The van der Waals surface area contributed by atoms with Crippen LogP contribution in [0.3, 0.4) is 0 Å². The number of rotatable bonds is 5. The van der Waals surface area contributed by atoms with Crippen molar-refractivity contribution in [3.63, 3.8) is 0 Å². The van der Waals surface area contributed by atoms with E-state index in [2.05, 4.69) is 36.5 Å². The number of benzene rings is 2. The molecule has 1 heterocycles. The Morgan fingerprint density at radius 3 is 2.88 bits per heavy atom. The van der Waals surface area contributed by atoms with Crippen LogP contribution in [0, 0.1) is 0 Å². The van der Waals surface area contributed by atoms with Crippen molar-refractivity contribution in [3.8, 4) is 11.7 Å². The summed E-state index contributed by atoms with van der Waals surface area (Å²) in [5.74, 6) is 0.573. The lowest BCUT2D eigenvalue weighted by molar-refractivity contribution is 0.139. The molecule has 3 aromatic rings. The van der Waals surface area contributed by atoms with E-state index in [1.807, 2.05) is 18.2 Å². The third kappa shape index (κ3) is 3.35. The minimum absolute atomic E-state index is 0.0871. The van der Waals surface area contributed by atoms with Gasteiger partial charge in [0, 0.05) is 17.5 Å². The molecular weight excluding hydrogens is 314 g/mol. The number of aryl methyl sites for hydroxylation is 1. The lowest BCUT2D eigenvalue weighted by Crippen LogP contribution is -2.44. The van der Waals surface area contributed by atoms with Crippen molar-refractivity contribution in [2.45, 2.75) is 44.9 Å². The summed E-state index contributed by atoms with van der Waals surface area (Å²) in [5.41, 5.74) is 3.48. The number of hydrogen-bond acceptors (Lipinski definition) is 4. The summed E-state index contributed by atoms with van der Waals surface area (Å²) in [6.45, 7) is 2.11. The Balaban J connectivity index is 1.48. The normalized spacial score (nSPS) is 18.0. The summed E-state index contributed by atoms with van der Waals surface area (Å²) < 4.78 is 11.5. The summed E-state index contributed by atoms with van der Waals surface area (Å²) >= 11 is 0. The van der Waals surface area contributed by atoms with Crippen molar-refractivity contribution < 1.29 is 14.3 Å². The van der Waals surface area contributed by atoms with Crippen LogP contribution in [0.25, 0.3) is 11.0 Å². The Morgan fingerprint density at radius 2 is 2.04 bits per heavy atom. The number of furan rings is 1. The van der Waals surface area contributed by atoms with Gasteiger partial charge in [-0.15, -0.1) is 0 Å². The van der Waals surface area contributed by atoms with E-state index in [1.165, 1.54) is 11.1 Å². The van der Waals surface area contributed by atoms with E-state index in [4.69, 9.17) is 9.15 Å². The first-order valence-corrected chi connectivity index (χ1v) is 8.94. The molecule has 0 amide bonds. The smallest absolute Gasteiger partial charge is 0.283 e. The molecule has 0 bridgehead atoms. The summed E-state index contributed by atoms with van der Waals surface area (Å²) in [6, 6.07) is 16.4. The Kier molecular flexibility index (Phi) is 4.36. The van der Waals surface area contributed by atoms with Crippen LogP contribution in [0.2, 0.25) is 0 Å². The maximum absolute atomic E-state index is 9.59. The zero-order valence-electron chi connectivity index (χ0n) is 14.4. The van der Waals surface area contributed by atoms with E-state index in [0.29, 0.717) is 17.4 Å². The molecule has 1 aromatic heterocycles. The van der Waals surface area contributed by atoms with Gasteiger partial charge < -0.3 is 14.3 Å². The van der Waals surface area contributed by atoms with Gasteiger partial charge in [0.15, 0.2) is 11.3 Å². The highest BCUT2D eigenvalue weighted by Gasteiger charge is 2.22. The van der Waals surface area contributed by atoms with Crippen molar-refractivity contribution in [1.29, 1.82) is 0 Å². The lowest BCUT2D eigenvalue weighted by Gasteiger charge is -2.29. The molecule has 0 fully saturated rings. The fourth-order valence-corrected chi connectivity index (χ4v) is 3.61. The first kappa shape index (κ1) is 16.0. The van der Waals surface area contributed by atoms with E-state index in [0.717, 1.165) is 31.1 Å². The van der Waals surface area contributed by atoms with Crippen molar-refractivity contribution in [3.05, 3.63) is 59.7 Å². The molecule has 2 aromatic carbocycles. The number of fused-ring (bicyclic) bond motifs is 2. The predicted octanol–water partition coefficient (Wildman–Crippen LogP) is 4.40. The molecular formula is C21H23NO3. The number of para-hydroxylation sites is 1. The number of hydrogen-bond donors (Lipinski definition) is 2. The summed E-state index contributed by atoms with van der Waals surface area (Å²) in [5, 5.41) is 14.1. The summed E-state index contributed by atoms with van der Waals surface area (Å²) in [4.78, 5) is 0. The molecule has 4 heteroatoms. The zero-order chi connectivity index (χ0) is 17.2. The van der Waals surface area contributed by atoms with Gasteiger partial charge in [0.1, 0.15) is 6.23 Å². The van der Waals surface area contributed by atoms with Crippen molar-refractivity contribution in [1.82, 2.24) is 5.32 Å². The molecule has 1 aliphatic rings. The Bertz CT molecular complexity index is 870. The molecule has 0 radical (unpaired) electrons. The van der Waals surface area contributed by atoms with Crippen LogP contribution in [0.4, 0.5) is 0 Å². The molecule has 0 saturated carbocycles. The molecule has 2 atom stereocenters. The predicted molar refractivity (Wildman–Crippen MR) is 98.0 cm³/mol. The van der Waals surface area contributed by atoms with Gasteiger partial charge in [-0.25, -0.2) is 0 Å². The van der Waals surface area contributed by atoms with Crippen LogP contribution >= 0.6 is 0 Å². The molecule has 2 N–H and O–H groups in total. The minimum atomic E-state index is -0.0897. The van der Waals surface area contributed by atoms with Gasteiger partial charge in [-0.3, -0.25) is 5.32 Å². The Hall–Kier alpha value is -2.46. The molecule has 4 rings (SSSR count). The van der Waals surface area contributed by atoms with Crippen LogP contribution in [-0.2, 0) is 12.8 Å². The second-order valence-electron chi connectivity index (χ2n) is 6.65. The standard InChI is InChI=1S/C21H23NO3/c1-2-19(22-17-11-10-14-6-3-4-7-15(14)12-17)24-18-9-5-8-16-13-20(23)25-21(16)18/h3-9,13,17,19,22-23H,2,10-12H2,1H3. The molecule has 0 spiro atoms. The van der Waals surface area contributed by atoms with Crippen molar-refractivity contribution in [2.75, 3.05) is 0 Å². The number of ether oxygens (including phenoxy) is 1. The van der Waals surface area contributed by atoms with Gasteiger partial charge in [-0.1, -0.05) is 43.3 Å². The van der Waals surface area contributed by atoms with Gasteiger partial charge in [0.25, 0.3) is 5.95 Å². The third-order valence-electron chi connectivity index (χ3n) is 4.90. The van der Waals surface area contributed by atoms with E-state index < -0.39 is 0 Å². The lowest BCUT2D eigenvalue weighted by atomic mass is 9.88. The molecule has 0 saturated heterocycles. The Morgan fingerprint density at radius 1 is 1.20 bits per heavy atom. The van der Waals surface area contributed by atoms with Crippen molar-refractivity contribution >= 4 is 11.0 Å². The monoisotopic (exact) mass is 337 g/mol. The van der Waals surface area contributed by atoms with E-state index >= 15 is 0 Å². The average Bonchev–Trinajstić information content (AvgIpc) is 3.02. The minimum Gasteiger partial charge on any atom is -0.481 e. The first-order valence-electron chi connectivity index (χ1n) is 8.94.